The number of hydrogen-bond donors (Lipinski definition) is 1. The maximum Gasteiger partial charge on any atom is 0.227 e. The summed E-state index contributed by atoms with van der Waals surface area (Å²) in [6, 6.07) is 7.68. The van der Waals surface area contributed by atoms with Crippen LogP contribution in [0.5, 0.6) is 5.75 Å². The van der Waals surface area contributed by atoms with E-state index in [1.807, 2.05) is 24.3 Å². The van der Waals surface area contributed by atoms with Crippen LogP contribution in [-0.4, -0.2) is 18.4 Å². The van der Waals surface area contributed by atoms with Gasteiger partial charge in [0, 0.05) is 23.8 Å². The summed E-state index contributed by atoms with van der Waals surface area (Å²) in [5.41, 5.74) is 0.642. The van der Waals surface area contributed by atoms with Crippen molar-refractivity contribution in [3.05, 3.63) is 29.8 Å². The summed E-state index contributed by atoms with van der Waals surface area (Å²) in [6.07, 6.45) is 1.47. The van der Waals surface area contributed by atoms with Gasteiger partial charge in [0.1, 0.15) is 5.75 Å². The van der Waals surface area contributed by atoms with Crippen LogP contribution in [0.4, 0.5) is 0 Å². The van der Waals surface area contributed by atoms with Gasteiger partial charge in [-0.2, -0.15) is 0 Å². The molecule has 0 bridgehead atoms. The smallest absolute Gasteiger partial charge is 0.227 e. The molecule has 4 heteroatoms. The molecule has 1 fully saturated rings. The van der Waals surface area contributed by atoms with Crippen LogP contribution in [0.3, 0.4) is 0 Å². The largest absolute Gasteiger partial charge is 0.493 e. The summed E-state index contributed by atoms with van der Waals surface area (Å²) in [5, 5.41) is 2.36. The van der Waals surface area contributed by atoms with Gasteiger partial charge in [-0.15, -0.1) is 0 Å². The van der Waals surface area contributed by atoms with E-state index >= 15 is 0 Å². The molecular weight excluding hydrogens is 218 g/mol. The van der Waals surface area contributed by atoms with E-state index in [0.717, 1.165) is 17.7 Å². The lowest BCUT2D eigenvalue weighted by atomic mass is 9.69. The first-order valence-electron chi connectivity index (χ1n) is 5.75. The van der Waals surface area contributed by atoms with Crippen LogP contribution in [0, 0.1) is 0 Å². The Morgan fingerprint density at radius 2 is 1.82 bits per heavy atom. The zero-order chi connectivity index (χ0) is 11.9. The Hall–Kier alpha value is -1.84. The standard InChI is InChI=1S/C13H13NO3/c15-11-7-13(8-12(16)14-11)5-6-17-10-4-2-1-3-9(10)13/h1-4H,5-8H2,(H,14,15,16). The number of nitrogens with one attached hydrogen (secondary N) is 1. The average Bonchev–Trinajstić information content (AvgIpc) is 2.28. The van der Waals surface area contributed by atoms with Crippen molar-refractivity contribution in [2.45, 2.75) is 24.7 Å². The topological polar surface area (TPSA) is 55.4 Å². The number of benzene rings is 1. The number of hydrogen-bond acceptors (Lipinski definition) is 3. The third-order valence-electron chi connectivity index (χ3n) is 3.57. The number of carbonyl (C=O) groups is 2. The van der Waals surface area contributed by atoms with Crippen molar-refractivity contribution in [2.75, 3.05) is 6.61 Å². The number of imide groups is 1. The summed E-state index contributed by atoms with van der Waals surface area (Å²) < 4.78 is 5.58. The van der Waals surface area contributed by atoms with Crippen molar-refractivity contribution in [1.29, 1.82) is 0 Å². The van der Waals surface area contributed by atoms with Gasteiger partial charge in [-0.1, -0.05) is 18.2 Å². The summed E-state index contributed by atoms with van der Waals surface area (Å²) in [5.74, 6) is 0.442. The Bertz CT molecular complexity index is 479. The molecule has 0 unspecified atom stereocenters. The number of rotatable bonds is 0. The van der Waals surface area contributed by atoms with Crippen molar-refractivity contribution in [3.8, 4) is 5.75 Å². The number of para-hydroxylation sites is 1. The van der Waals surface area contributed by atoms with Gasteiger partial charge in [-0.3, -0.25) is 14.9 Å². The van der Waals surface area contributed by atoms with Gasteiger partial charge in [0.2, 0.25) is 11.8 Å². The van der Waals surface area contributed by atoms with Crippen LogP contribution in [-0.2, 0) is 15.0 Å². The van der Waals surface area contributed by atoms with E-state index in [1.165, 1.54) is 0 Å². The summed E-state index contributed by atoms with van der Waals surface area (Å²) >= 11 is 0. The van der Waals surface area contributed by atoms with Crippen molar-refractivity contribution >= 4 is 11.8 Å². The minimum Gasteiger partial charge on any atom is -0.493 e. The molecular formula is C13H13NO3. The molecule has 1 aromatic rings. The molecule has 0 aromatic heterocycles. The fourth-order valence-electron chi connectivity index (χ4n) is 2.81. The highest BCUT2D eigenvalue weighted by atomic mass is 16.5. The number of piperidine rings is 1. The van der Waals surface area contributed by atoms with Crippen LogP contribution in [0.1, 0.15) is 24.8 Å². The Kier molecular flexibility index (Phi) is 2.18. The molecule has 3 rings (SSSR count). The highest BCUT2D eigenvalue weighted by molar-refractivity contribution is 5.99. The van der Waals surface area contributed by atoms with Crippen LogP contribution in [0.15, 0.2) is 24.3 Å². The highest BCUT2D eigenvalue weighted by Gasteiger charge is 2.44. The predicted octanol–water partition coefficient (Wildman–Crippen LogP) is 1.14. The Morgan fingerprint density at radius 3 is 2.59 bits per heavy atom. The number of carbonyl (C=O) groups excluding carboxylic acids is 2. The second-order valence-electron chi connectivity index (χ2n) is 4.70. The predicted molar refractivity (Wildman–Crippen MR) is 60.6 cm³/mol. The lowest BCUT2D eigenvalue weighted by Gasteiger charge is -2.40. The van der Waals surface area contributed by atoms with Gasteiger partial charge < -0.3 is 4.74 Å². The second kappa shape index (κ2) is 3.58. The third kappa shape index (κ3) is 1.60. The quantitative estimate of drug-likeness (QED) is 0.681. The first-order chi connectivity index (χ1) is 8.20. The van der Waals surface area contributed by atoms with Crippen LogP contribution in [0.25, 0.3) is 0 Å². The molecule has 0 aliphatic carbocycles. The fourth-order valence-corrected chi connectivity index (χ4v) is 2.81. The van der Waals surface area contributed by atoms with Gasteiger partial charge in [0.15, 0.2) is 0 Å². The Morgan fingerprint density at radius 1 is 1.12 bits per heavy atom. The van der Waals surface area contributed by atoms with Crippen LogP contribution >= 0.6 is 0 Å². The SMILES string of the molecule is O=C1CC2(CCOc3ccccc32)CC(=O)N1. The van der Waals surface area contributed by atoms with Gasteiger partial charge in [-0.05, 0) is 12.5 Å². The van der Waals surface area contributed by atoms with E-state index in [0.29, 0.717) is 19.4 Å². The number of ether oxygens (including phenoxy) is 1. The third-order valence-corrected chi connectivity index (χ3v) is 3.57. The van der Waals surface area contributed by atoms with E-state index < -0.39 is 0 Å². The lowest BCUT2D eigenvalue weighted by molar-refractivity contribution is -0.136. The van der Waals surface area contributed by atoms with Gasteiger partial charge in [0.25, 0.3) is 0 Å². The summed E-state index contributed by atoms with van der Waals surface area (Å²) in [4.78, 5) is 23.2. The van der Waals surface area contributed by atoms with E-state index in [9.17, 15) is 9.59 Å². The van der Waals surface area contributed by atoms with Crippen LogP contribution < -0.4 is 10.1 Å². The summed E-state index contributed by atoms with van der Waals surface area (Å²) in [7, 11) is 0. The van der Waals surface area contributed by atoms with Crippen molar-refractivity contribution < 1.29 is 14.3 Å². The second-order valence-corrected chi connectivity index (χ2v) is 4.70. The Balaban J connectivity index is 2.09. The number of fused-ring (bicyclic) bond motifs is 2. The minimum absolute atomic E-state index is 0.182. The van der Waals surface area contributed by atoms with Gasteiger partial charge in [-0.25, -0.2) is 0 Å². The van der Waals surface area contributed by atoms with Crippen LogP contribution in [0.2, 0.25) is 0 Å². The van der Waals surface area contributed by atoms with E-state index in [4.69, 9.17) is 4.74 Å². The summed E-state index contributed by atoms with van der Waals surface area (Å²) in [6.45, 7) is 0.567. The van der Waals surface area contributed by atoms with E-state index in [-0.39, 0.29) is 17.2 Å². The average molecular weight is 231 g/mol. The molecule has 0 saturated carbocycles. The fraction of sp³-hybridized carbons (Fsp3) is 0.385. The first-order valence-corrected chi connectivity index (χ1v) is 5.75. The zero-order valence-corrected chi connectivity index (χ0v) is 9.36. The molecule has 17 heavy (non-hydrogen) atoms. The molecule has 2 aliphatic heterocycles. The minimum atomic E-state index is -0.353. The van der Waals surface area contributed by atoms with Crippen molar-refractivity contribution in [3.63, 3.8) is 0 Å². The molecule has 2 aliphatic rings. The van der Waals surface area contributed by atoms with Gasteiger partial charge in [0.05, 0.1) is 6.61 Å². The molecule has 2 heterocycles. The molecule has 0 atom stereocenters. The highest BCUT2D eigenvalue weighted by Crippen LogP contribution is 2.44. The van der Waals surface area contributed by atoms with E-state index in [1.54, 1.807) is 0 Å². The first kappa shape index (κ1) is 10.3. The molecule has 2 amide bonds. The number of amides is 2. The molecule has 0 radical (unpaired) electrons. The molecule has 88 valence electrons. The Labute approximate surface area is 99.0 Å². The maximum atomic E-state index is 11.6. The monoisotopic (exact) mass is 231 g/mol. The maximum absolute atomic E-state index is 11.6. The molecule has 1 aromatic carbocycles. The molecule has 1 N–H and O–H groups in total. The zero-order valence-electron chi connectivity index (χ0n) is 9.36. The van der Waals surface area contributed by atoms with E-state index in [2.05, 4.69) is 5.32 Å². The molecule has 1 saturated heterocycles. The van der Waals surface area contributed by atoms with Gasteiger partial charge >= 0.3 is 0 Å². The normalized spacial score (nSPS) is 21.6. The molecule has 4 nitrogen and oxygen atoms in total. The van der Waals surface area contributed by atoms with Crippen molar-refractivity contribution in [2.24, 2.45) is 0 Å². The van der Waals surface area contributed by atoms with Crippen molar-refractivity contribution in [1.82, 2.24) is 5.32 Å². The lowest BCUT2D eigenvalue weighted by Crippen LogP contribution is -2.49. The molecule has 1 spiro atoms.